The fourth-order valence-corrected chi connectivity index (χ4v) is 21.7. The molecule has 28 aromatic rings. The summed E-state index contributed by atoms with van der Waals surface area (Å²) in [6, 6.07) is 137. The number of benzene rings is 18. The first-order chi connectivity index (χ1) is 63.5. The Balaban J connectivity index is 0.607. The first kappa shape index (κ1) is 70.3. The molecule has 10 aromatic heterocycles. The molecule has 18 aromatic carbocycles. The second-order valence-electron chi connectivity index (χ2n) is 33.1. The summed E-state index contributed by atoms with van der Waals surface area (Å²) < 4.78 is 32.6. The number of hydrogen-bond donors (Lipinski definition) is 0. The van der Waals surface area contributed by atoms with Gasteiger partial charge in [0, 0.05) is 124 Å². The standard InChI is InChI=1S/C114H64N10O3S/c1-4-25-65(26-5-1)109-115-110(66-27-6-2-7-28-66)118-113(117-109)85-52-49-72(64-96(85)124-90-43-20-12-38-83(90)103-93(124)59-55-79-75-35-16-23-46-99(75)127-107(79)103)122-88-41-18-13-39-84(88)104-94(122)60-56-80-76-50-47-69(62-100(76)128-108(80)104)68-31-24-32-70(61-68)112-116-111(67-29-8-3-9-30-67)119-114(120-112)86-51-48-71(121-87-40-17-10-36-81(87)101-91(121)57-53-77-73-33-14-21-44-97(73)125-105(77)101)63-95(86)123-89-42-19-11-37-82(89)102-92(123)58-54-78-74-34-15-22-45-98(74)126-106(78)102/h1-64H. The van der Waals surface area contributed by atoms with E-state index >= 15 is 0 Å². The third-order valence-corrected chi connectivity index (χ3v) is 27.3. The molecule has 13 nitrogen and oxygen atoms in total. The Hall–Kier alpha value is -17.2. The Kier molecular flexibility index (Phi) is 14.9. The molecule has 0 fully saturated rings. The quantitative estimate of drug-likeness (QED) is 0.124. The summed E-state index contributed by atoms with van der Waals surface area (Å²) in [7, 11) is 0. The predicted molar refractivity (Wildman–Crippen MR) is 523 cm³/mol. The maximum atomic E-state index is 6.93. The lowest BCUT2D eigenvalue weighted by molar-refractivity contribution is 0.672. The van der Waals surface area contributed by atoms with Crippen LogP contribution in [0.2, 0.25) is 0 Å². The van der Waals surface area contributed by atoms with Gasteiger partial charge in [-0.2, -0.15) is 0 Å². The zero-order valence-corrected chi connectivity index (χ0v) is 68.9. The average molecular weight is 1650 g/mol. The van der Waals surface area contributed by atoms with E-state index in [9.17, 15) is 0 Å². The first-order valence-electron chi connectivity index (χ1n) is 43.0. The highest BCUT2D eigenvalue weighted by Crippen LogP contribution is 2.50. The van der Waals surface area contributed by atoms with Crippen LogP contribution in [0.5, 0.6) is 0 Å². The van der Waals surface area contributed by atoms with Gasteiger partial charge in [0.25, 0.3) is 0 Å². The minimum atomic E-state index is 0.516. The van der Waals surface area contributed by atoms with Crippen LogP contribution < -0.4 is 0 Å². The van der Waals surface area contributed by atoms with Crippen molar-refractivity contribution in [2.75, 3.05) is 0 Å². The lowest BCUT2D eigenvalue weighted by atomic mass is 10.0. The summed E-state index contributed by atoms with van der Waals surface area (Å²) >= 11 is 1.84. The molecule has 0 aliphatic rings. The van der Waals surface area contributed by atoms with E-state index in [-0.39, 0.29) is 0 Å². The van der Waals surface area contributed by atoms with Gasteiger partial charge in [0.05, 0.1) is 71.7 Å². The molecule has 0 bridgehead atoms. The van der Waals surface area contributed by atoms with Gasteiger partial charge in [0.1, 0.15) is 33.5 Å². The molecule has 0 aliphatic heterocycles. The summed E-state index contributed by atoms with van der Waals surface area (Å²) in [6.07, 6.45) is 0. The van der Waals surface area contributed by atoms with Gasteiger partial charge in [-0.25, -0.2) is 29.9 Å². The Labute approximate surface area is 731 Å². The Bertz CT molecular complexity index is 9570. The number of thiophene rings is 1. The molecular weight excluding hydrogens is 1590 g/mol. The molecule has 0 spiro atoms. The number of furan rings is 3. The lowest BCUT2D eigenvalue weighted by Crippen LogP contribution is -2.05. The van der Waals surface area contributed by atoms with Crippen LogP contribution in [-0.4, -0.2) is 48.2 Å². The number of hydrogen-bond acceptors (Lipinski definition) is 10. The Morgan fingerprint density at radius 3 is 0.953 bits per heavy atom. The smallest absolute Gasteiger partial charge is 0.166 e. The van der Waals surface area contributed by atoms with Crippen molar-refractivity contribution in [3.05, 3.63) is 388 Å². The number of rotatable bonds is 11. The van der Waals surface area contributed by atoms with Gasteiger partial charge in [-0.15, -0.1) is 11.3 Å². The van der Waals surface area contributed by atoms with Crippen molar-refractivity contribution in [3.8, 4) is 102 Å². The second-order valence-corrected chi connectivity index (χ2v) is 34.1. The molecule has 0 radical (unpaired) electrons. The summed E-state index contributed by atoms with van der Waals surface area (Å²) in [5, 5.41) is 17.5. The molecule has 594 valence electrons. The Morgan fingerprint density at radius 1 is 0.195 bits per heavy atom. The van der Waals surface area contributed by atoms with Crippen LogP contribution in [0.3, 0.4) is 0 Å². The van der Waals surface area contributed by atoms with Crippen molar-refractivity contribution in [1.29, 1.82) is 0 Å². The van der Waals surface area contributed by atoms with E-state index < -0.39 is 0 Å². The van der Waals surface area contributed by atoms with Gasteiger partial charge in [0.15, 0.2) is 34.9 Å². The van der Waals surface area contributed by atoms with Gasteiger partial charge in [0.2, 0.25) is 0 Å². The maximum absolute atomic E-state index is 6.93. The van der Waals surface area contributed by atoms with Crippen molar-refractivity contribution in [2.45, 2.75) is 0 Å². The highest BCUT2D eigenvalue weighted by molar-refractivity contribution is 7.26. The topological polar surface area (TPSA) is 136 Å². The second kappa shape index (κ2) is 27.1. The molecule has 0 saturated heterocycles. The van der Waals surface area contributed by atoms with E-state index in [1.165, 1.54) is 25.6 Å². The summed E-state index contributed by atoms with van der Waals surface area (Å²) in [5.41, 5.74) is 24.3. The van der Waals surface area contributed by atoms with Crippen molar-refractivity contribution < 1.29 is 13.3 Å². The van der Waals surface area contributed by atoms with Gasteiger partial charge in [-0.05, 0) is 145 Å². The molecule has 10 heterocycles. The molecule has 28 rings (SSSR count). The molecule has 128 heavy (non-hydrogen) atoms. The first-order valence-corrected chi connectivity index (χ1v) is 43.8. The molecule has 14 heteroatoms. The molecule has 0 N–H and O–H groups in total. The molecule has 0 unspecified atom stereocenters. The van der Waals surface area contributed by atoms with Crippen LogP contribution in [0, 0.1) is 0 Å². The van der Waals surface area contributed by atoms with E-state index in [1.54, 1.807) is 0 Å². The van der Waals surface area contributed by atoms with Crippen LogP contribution in [0.1, 0.15) is 0 Å². The van der Waals surface area contributed by atoms with Crippen LogP contribution >= 0.6 is 11.3 Å². The molecule has 0 amide bonds. The van der Waals surface area contributed by atoms with Gasteiger partial charge in [-0.1, -0.05) is 255 Å². The molecule has 0 atom stereocenters. The van der Waals surface area contributed by atoms with E-state index in [2.05, 4.69) is 334 Å². The fraction of sp³-hybridized carbons (Fsp3) is 0. The minimum absolute atomic E-state index is 0.516. The third kappa shape index (κ3) is 10.4. The average Bonchev–Trinajstić information content (AvgIpc) is 1.57. The van der Waals surface area contributed by atoms with Gasteiger partial charge < -0.3 is 31.5 Å². The van der Waals surface area contributed by atoms with Gasteiger partial charge in [-0.3, -0.25) is 0 Å². The third-order valence-electron chi connectivity index (χ3n) is 26.1. The monoisotopic (exact) mass is 1650 g/mol. The zero-order valence-electron chi connectivity index (χ0n) is 68.1. The summed E-state index contributed by atoms with van der Waals surface area (Å²) in [4.78, 5) is 32.7. The highest BCUT2D eigenvalue weighted by Gasteiger charge is 2.30. The number of para-hydroxylation sites is 7. The minimum Gasteiger partial charge on any atom is -0.455 e. The van der Waals surface area contributed by atoms with E-state index in [0.29, 0.717) is 34.9 Å². The SMILES string of the molecule is c1ccc(-c2nc(-c3cccc(-c4ccc5c(c4)sc4c5ccc5c4c4ccccc4n5-c4ccc(-c5nc(-c6ccccc6)nc(-c6ccccc6)n5)c(-n5c6ccccc6c6c7oc8ccccc8c7ccc65)c4)c3)nc(-c3ccc(-n4c5ccccc5c5c6oc7ccccc7c6ccc54)cc3-n3c4ccccc4c4c5oc6ccccc6c5ccc43)n2)cc1. The molecular formula is C114H64N10O3S. The predicted octanol–water partition coefficient (Wildman–Crippen LogP) is 30.2. The van der Waals surface area contributed by atoms with Crippen molar-refractivity contribution in [1.82, 2.24) is 48.2 Å². The van der Waals surface area contributed by atoms with Crippen LogP contribution in [0.4, 0.5) is 0 Å². The number of aromatic nitrogens is 10. The highest BCUT2D eigenvalue weighted by atomic mass is 32.1. The normalized spacial score (nSPS) is 12.2. The van der Waals surface area contributed by atoms with Crippen LogP contribution in [0.25, 0.3) is 275 Å². The number of fused-ring (bicyclic) bond motifs is 28. The summed E-state index contributed by atoms with van der Waals surface area (Å²) in [6.45, 7) is 0. The number of nitrogens with zero attached hydrogens (tertiary/aromatic N) is 10. The summed E-state index contributed by atoms with van der Waals surface area (Å²) in [5.74, 6) is 3.31. The van der Waals surface area contributed by atoms with E-state index in [0.717, 1.165) is 215 Å². The van der Waals surface area contributed by atoms with Gasteiger partial charge >= 0.3 is 0 Å². The van der Waals surface area contributed by atoms with Crippen molar-refractivity contribution in [3.63, 3.8) is 0 Å². The Morgan fingerprint density at radius 2 is 0.516 bits per heavy atom. The van der Waals surface area contributed by atoms with Crippen molar-refractivity contribution in [2.24, 2.45) is 0 Å². The molecule has 0 saturated carbocycles. The van der Waals surface area contributed by atoms with Crippen LogP contribution in [0.15, 0.2) is 401 Å². The molecule has 0 aliphatic carbocycles. The van der Waals surface area contributed by atoms with Crippen molar-refractivity contribution >= 4 is 185 Å². The largest absolute Gasteiger partial charge is 0.455 e. The van der Waals surface area contributed by atoms with Crippen LogP contribution in [-0.2, 0) is 0 Å². The lowest BCUT2D eigenvalue weighted by Gasteiger charge is -2.17. The van der Waals surface area contributed by atoms with E-state index in [4.69, 9.17) is 43.2 Å². The fourth-order valence-electron chi connectivity index (χ4n) is 20.4. The maximum Gasteiger partial charge on any atom is 0.166 e. The van der Waals surface area contributed by atoms with E-state index in [1.807, 2.05) is 84.1 Å². The zero-order chi connectivity index (χ0) is 83.5.